The Morgan fingerprint density at radius 1 is 1.64 bits per heavy atom. The zero-order valence-electron chi connectivity index (χ0n) is 7.30. The van der Waals surface area contributed by atoms with Crippen molar-refractivity contribution in [1.29, 1.82) is 5.26 Å². The van der Waals surface area contributed by atoms with Gasteiger partial charge >= 0.3 is 0 Å². The highest BCUT2D eigenvalue weighted by atomic mass is 15.3. The molecular formula is C9H15N2+. The second-order valence-electron chi connectivity index (χ2n) is 3.88. The third-order valence-electron chi connectivity index (χ3n) is 2.29. The Kier molecular flexibility index (Phi) is 2.01. The molecule has 0 atom stereocenters. The summed E-state index contributed by atoms with van der Waals surface area (Å²) in [7, 11) is 4.33. The lowest BCUT2D eigenvalue weighted by molar-refractivity contribution is -0.896. The summed E-state index contributed by atoms with van der Waals surface area (Å²) in [6, 6.07) is 2.87. The number of likely N-dealkylation sites (N-methyl/N-ethyl adjacent to an activating group) is 1. The maximum atomic E-state index is 8.54. The summed E-state index contributed by atoms with van der Waals surface area (Å²) in [5.74, 6) is 0. The Balaban J connectivity index is 2.46. The van der Waals surface area contributed by atoms with Crippen LogP contribution in [0.3, 0.4) is 0 Å². The predicted octanol–water partition coefficient (Wildman–Crippen LogP) is 1.30. The second kappa shape index (κ2) is 2.67. The minimum Gasteiger partial charge on any atom is -0.322 e. The minimum absolute atomic E-state index is 0.696. The molecule has 2 heteroatoms. The van der Waals surface area contributed by atoms with Crippen LogP contribution in [-0.4, -0.2) is 31.2 Å². The molecule has 1 saturated carbocycles. The molecular weight excluding hydrogens is 136 g/mol. The second-order valence-corrected chi connectivity index (χ2v) is 3.88. The van der Waals surface area contributed by atoms with Crippen LogP contribution in [0.25, 0.3) is 0 Å². The van der Waals surface area contributed by atoms with E-state index >= 15 is 0 Å². The average Bonchev–Trinajstić information content (AvgIpc) is 2.66. The van der Waals surface area contributed by atoms with Gasteiger partial charge in [0.15, 0.2) is 0 Å². The summed E-state index contributed by atoms with van der Waals surface area (Å²) in [5.41, 5.74) is 0.696. The van der Waals surface area contributed by atoms with Crippen LogP contribution in [0.4, 0.5) is 0 Å². The van der Waals surface area contributed by atoms with Crippen molar-refractivity contribution in [2.75, 3.05) is 20.6 Å². The van der Waals surface area contributed by atoms with Gasteiger partial charge in [0, 0.05) is 12.8 Å². The van der Waals surface area contributed by atoms with E-state index in [1.54, 1.807) is 0 Å². The topological polar surface area (TPSA) is 23.8 Å². The van der Waals surface area contributed by atoms with Gasteiger partial charge < -0.3 is 4.48 Å². The van der Waals surface area contributed by atoms with Crippen molar-refractivity contribution < 1.29 is 4.48 Å². The Morgan fingerprint density at radius 2 is 2.18 bits per heavy atom. The standard InChI is InChI=1S/C9H15N2/c1-8(6-10)7-11(2,3)9-4-5-9/h9H,1,4-5,7H2,2-3H3/q+1. The van der Waals surface area contributed by atoms with Gasteiger partial charge in [-0.1, -0.05) is 6.58 Å². The maximum absolute atomic E-state index is 8.54. The summed E-state index contributed by atoms with van der Waals surface area (Å²) in [6.07, 6.45) is 2.62. The van der Waals surface area contributed by atoms with E-state index in [9.17, 15) is 0 Å². The van der Waals surface area contributed by atoms with E-state index in [1.807, 2.05) is 0 Å². The van der Waals surface area contributed by atoms with Crippen molar-refractivity contribution >= 4 is 0 Å². The molecule has 0 spiro atoms. The molecule has 0 N–H and O–H groups in total. The van der Waals surface area contributed by atoms with Gasteiger partial charge in [0.1, 0.15) is 6.54 Å². The zero-order chi connectivity index (χ0) is 8.48. The first-order valence-electron chi connectivity index (χ1n) is 3.97. The van der Waals surface area contributed by atoms with Crippen molar-refractivity contribution in [2.45, 2.75) is 18.9 Å². The van der Waals surface area contributed by atoms with E-state index in [0.29, 0.717) is 5.57 Å². The van der Waals surface area contributed by atoms with E-state index in [2.05, 4.69) is 26.7 Å². The molecule has 0 saturated heterocycles. The lowest BCUT2D eigenvalue weighted by atomic mass is 10.3. The minimum atomic E-state index is 0.696. The van der Waals surface area contributed by atoms with Crippen LogP contribution in [0.15, 0.2) is 12.2 Å². The van der Waals surface area contributed by atoms with Gasteiger partial charge in [-0.05, 0) is 0 Å². The van der Waals surface area contributed by atoms with Crippen LogP contribution in [-0.2, 0) is 0 Å². The molecule has 0 aromatic rings. The number of hydrogen-bond acceptors (Lipinski definition) is 1. The molecule has 0 aromatic carbocycles. The summed E-state index contributed by atoms with van der Waals surface area (Å²) in [6.45, 7) is 4.50. The first kappa shape index (κ1) is 8.29. The highest BCUT2D eigenvalue weighted by Gasteiger charge is 2.38. The fourth-order valence-electron chi connectivity index (χ4n) is 1.43. The van der Waals surface area contributed by atoms with Crippen molar-refractivity contribution in [3.05, 3.63) is 12.2 Å². The molecule has 1 rings (SSSR count). The molecule has 0 amide bonds. The highest BCUT2D eigenvalue weighted by Crippen LogP contribution is 2.30. The van der Waals surface area contributed by atoms with Gasteiger partial charge in [0.05, 0.1) is 31.8 Å². The van der Waals surface area contributed by atoms with Crippen LogP contribution in [0.5, 0.6) is 0 Å². The fraction of sp³-hybridized carbons (Fsp3) is 0.667. The van der Waals surface area contributed by atoms with E-state index < -0.39 is 0 Å². The van der Waals surface area contributed by atoms with E-state index in [0.717, 1.165) is 17.1 Å². The molecule has 0 radical (unpaired) electrons. The zero-order valence-corrected chi connectivity index (χ0v) is 7.30. The molecule has 0 unspecified atom stereocenters. The van der Waals surface area contributed by atoms with Gasteiger partial charge in [-0.3, -0.25) is 0 Å². The summed E-state index contributed by atoms with van der Waals surface area (Å²) in [5, 5.41) is 8.54. The van der Waals surface area contributed by atoms with Crippen LogP contribution in [0.2, 0.25) is 0 Å². The number of rotatable bonds is 3. The van der Waals surface area contributed by atoms with Crippen molar-refractivity contribution in [1.82, 2.24) is 0 Å². The number of hydrogen-bond donors (Lipinski definition) is 0. The molecule has 1 aliphatic rings. The SMILES string of the molecule is C=C(C#N)C[N+](C)(C)C1CC1. The third-order valence-corrected chi connectivity index (χ3v) is 2.29. The van der Waals surface area contributed by atoms with Crippen LogP contribution < -0.4 is 0 Å². The number of nitrogens with zero attached hydrogens (tertiary/aromatic N) is 2. The summed E-state index contributed by atoms with van der Waals surface area (Å²) in [4.78, 5) is 0. The van der Waals surface area contributed by atoms with E-state index in [-0.39, 0.29) is 0 Å². The van der Waals surface area contributed by atoms with Gasteiger partial charge in [-0.25, -0.2) is 0 Å². The molecule has 0 bridgehead atoms. The van der Waals surface area contributed by atoms with Gasteiger partial charge in [-0.2, -0.15) is 5.26 Å². The van der Waals surface area contributed by atoms with Crippen molar-refractivity contribution in [3.63, 3.8) is 0 Å². The predicted molar refractivity (Wildman–Crippen MR) is 44.8 cm³/mol. The van der Waals surface area contributed by atoms with Gasteiger partial charge in [0.2, 0.25) is 0 Å². The smallest absolute Gasteiger partial charge is 0.114 e. The van der Waals surface area contributed by atoms with Gasteiger partial charge in [-0.15, -0.1) is 0 Å². The van der Waals surface area contributed by atoms with Gasteiger partial charge in [0.25, 0.3) is 0 Å². The first-order chi connectivity index (χ1) is 5.06. The fourth-order valence-corrected chi connectivity index (χ4v) is 1.43. The van der Waals surface area contributed by atoms with Crippen molar-refractivity contribution in [3.8, 4) is 6.07 Å². The summed E-state index contributed by atoms with van der Waals surface area (Å²) >= 11 is 0. The molecule has 11 heavy (non-hydrogen) atoms. The van der Waals surface area contributed by atoms with E-state index in [1.165, 1.54) is 12.8 Å². The number of nitriles is 1. The van der Waals surface area contributed by atoms with Crippen LogP contribution in [0.1, 0.15) is 12.8 Å². The molecule has 2 nitrogen and oxygen atoms in total. The normalized spacial score (nSPS) is 17.5. The lowest BCUT2D eigenvalue weighted by Crippen LogP contribution is -2.42. The van der Waals surface area contributed by atoms with Crippen molar-refractivity contribution in [2.24, 2.45) is 0 Å². The summed E-state index contributed by atoms with van der Waals surface area (Å²) < 4.78 is 0.937. The Labute approximate surface area is 68.3 Å². The first-order valence-corrected chi connectivity index (χ1v) is 3.97. The monoisotopic (exact) mass is 151 g/mol. The Bertz CT molecular complexity index is 206. The number of quaternary nitrogens is 1. The molecule has 0 heterocycles. The van der Waals surface area contributed by atoms with E-state index in [4.69, 9.17) is 5.26 Å². The molecule has 1 fully saturated rings. The average molecular weight is 151 g/mol. The quantitative estimate of drug-likeness (QED) is 0.440. The Morgan fingerprint density at radius 3 is 2.55 bits per heavy atom. The largest absolute Gasteiger partial charge is 0.322 e. The maximum Gasteiger partial charge on any atom is 0.114 e. The lowest BCUT2D eigenvalue weighted by Gasteiger charge is -2.29. The molecule has 0 aromatic heterocycles. The highest BCUT2D eigenvalue weighted by molar-refractivity contribution is 5.16. The Hall–Kier alpha value is -0.810. The third kappa shape index (κ3) is 2.06. The molecule has 0 aliphatic heterocycles. The molecule has 1 aliphatic carbocycles. The van der Waals surface area contributed by atoms with Crippen LogP contribution >= 0.6 is 0 Å². The molecule has 60 valence electrons. The van der Waals surface area contributed by atoms with Crippen LogP contribution in [0, 0.1) is 11.3 Å².